The normalized spacial score (nSPS) is 23.3. The highest BCUT2D eigenvalue weighted by molar-refractivity contribution is 5.83. The number of ether oxygens (including phenoxy) is 3. The Kier molecular flexibility index (Phi) is 9.25. The van der Waals surface area contributed by atoms with E-state index in [-0.39, 0.29) is 18.4 Å². The molecule has 0 heterocycles. The number of amides is 1. The lowest BCUT2D eigenvalue weighted by Gasteiger charge is -2.38. The van der Waals surface area contributed by atoms with Gasteiger partial charge in [0.05, 0.1) is 7.11 Å². The quantitative estimate of drug-likeness (QED) is 0.274. The van der Waals surface area contributed by atoms with Gasteiger partial charge in [-0.15, -0.1) is 0 Å². The zero-order chi connectivity index (χ0) is 20.6. The second kappa shape index (κ2) is 10.9. The average molecular weight is 385 g/mol. The number of nitrogens with zero attached hydrogens (tertiary/aromatic N) is 1. The predicted molar refractivity (Wildman–Crippen MR) is 96.6 cm³/mol. The Bertz CT molecular complexity index is 534. The fraction of sp³-hybridized carbons (Fsp3) is 0.789. The highest BCUT2D eigenvalue weighted by Gasteiger charge is 2.38. The second-order valence-corrected chi connectivity index (χ2v) is 7.42. The number of hydrogen-bond donors (Lipinski definition) is 0. The molecule has 1 aliphatic rings. The van der Waals surface area contributed by atoms with Gasteiger partial charge >= 0.3 is 18.0 Å². The SMILES string of the molecule is COC(=O)[C@H](CC=O)N(COC(C)=O)C(=O)OC1C[C@H](C)CCC1C(C)C. The number of esters is 2. The lowest BCUT2D eigenvalue weighted by molar-refractivity contribution is -0.156. The molecule has 0 radical (unpaired) electrons. The first-order chi connectivity index (χ1) is 12.7. The number of carbonyl (C=O) groups excluding carboxylic acids is 4. The third kappa shape index (κ3) is 6.84. The van der Waals surface area contributed by atoms with Gasteiger partial charge in [-0.25, -0.2) is 9.59 Å². The van der Waals surface area contributed by atoms with E-state index >= 15 is 0 Å². The van der Waals surface area contributed by atoms with Crippen molar-refractivity contribution in [3.8, 4) is 0 Å². The van der Waals surface area contributed by atoms with E-state index in [1.807, 2.05) is 0 Å². The number of aldehydes is 1. The molecule has 1 rings (SSSR count). The van der Waals surface area contributed by atoms with E-state index in [0.29, 0.717) is 18.1 Å². The highest BCUT2D eigenvalue weighted by Crippen LogP contribution is 2.35. The van der Waals surface area contributed by atoms with E-state index < -0.39 is 30.8 Å². The Morgan fingerprint density at radius 1 is 1.22 bits per heavy atom. The summed E-state index contributed by atoms with van der Waals surface area (Å²) in [7, 11) is 1.16. The van der Waals surface area contributed by atoms with Gasteiger partial charge in [0.1, 0.15) is 18.4 Å². The summed E-state index contributed by atoms with van der Waals surface area (Å²) in [6.45, 7) is 6.98. The van der Waals surface area contributed by atoms with E-state index in [1.165, 1.54) is 6.92 Å². The molecule has 1 saturated carbocycles. The fourth-order valence-electron chi connectivity index (χ4n) is 3.46. The Labute approximate surface area is 160 Å². The number of carbonyl (C=O) groups is 4. The van der Waals surface area contributed by atoms with E-state index in [2.05, 4.69) is 25.5 Å². The summed E-state index contributed by atoms with van der Waals surface area (Å²) in [6.07, 6.45) is 1.90. The van der Waals surface area contributed by atoms with Crippen LogP contribution < -0.4 is 0 Å². The molecule has 8 nitrogen and oxygen atoms in total. The molecule has 1 aliphatic carbocycles. The molecule has 1 fully saturated rings. The van der Waals surface area contributed by atoms with Crippen molar-refractivity contribution in [3.63, 3.8) is 0 Å². The smallest absolute Gasteiger partial charge is 0.413 e. The lowest BCUT2D eigenvalue weighted by atomic mass is 9.75. The molecular formula is C19H31NO7. The first-order valence-electron chi connectivity index (χ1n) is 9.33. The molecule has 0 aromatic carbocycles. The topological polar surface area (TPSA) is 99.2 Å². The molecule has 8 heteroatoms. The molecular weight excluding hydrogens is 354 g/mol. The zero-order valence-electron chi connectivity index (χ0n) is 16.8. The average Bonchev–Trinajstić information content (AvgIpc) is 2.59. The van der Waals surface area contributed by atoms with Gasteiger partial charge in [-0.05, 0) is 30.6 Å². The van der Waals surface area contributed by atoms with Crippen molar-refractivity contribution in [2.45, 2.75) is 65.5 Å². The van der Waals surface area contributed by atoms with Crippen molar-refractivity contribution in [3.05, 3.63) is 0 Å². The second-order valence-electron chi connectivity index (χ2n) is 7.42. The van der Waals surface area contributed by atoms with Gasteiger partial charge in [0.15, 0.2) is 6.73 Å². The first kappa shape index (κ1) is 22.9. The third-order valence-corrected chi connectivity index (χ3v) is 5.02. The predicted octanol–water partition coefficient (Wildman–Crippen LogP) is 2.54. The Hall–Kier alpha value is -2.12. The van der Waals surface area contributed by atoms with E-state index in [4.69, 9.17) is 9.47 Å². The van der Waals surface area contributed by atoms with Crippen LogP contribution in [0.5, 0.6) is 0 Å². The molecule has 0 N–H and O–H groups in total. The van der Waals surface area contributed by atoms with E-state index in [9.17, 15) is 19.2 Å². The van der Waals surface area contributed by atoms with Crippen molar-refractivity contribution in [2.24, 2.45) is 17.8 Å². The largest absolute Gasteiger partial charge is 0.467 e. The molecule has 0 aromatic heterocycles. The Balaban J connectivity index is 3.00. The minimum absolute atomic E-state index is 0.211. The summed E-state index contributed by atoms with van der Waals surface area (Å²) in [5, 5.41) is 0. The van der Waals surface area contributed by atoms with Gasteiger partial charge in [-0.1, -0.05) is 27.2 Å². The van der Waals surface area contributed by atoms with Crippen molar-refractivity contribution in [2.75, 3.05) is 13.8 Å². The van der Waals surface area contributed by atoms with Gasteiger partial charge in [0.25, 0.3) is 0 Å². The van der Waals surface area contributed by atoms with Gasteiger partial charge in [-0.3, -0.25) is 9.69 Å². The minimum atomic E-state index is -1.21. The number of hydrogen-bond acceptors (Lipinski definition) is 7. The van der Waals surface area contributed by atoms with Crippen LogP contribution >= 0.6 is 0 Å². The lowest BCUT2D eigenvalue weighted by Crippen LogP contribution is -2.49. The molecule has 27 heavy (non-hydrogen) atoms. The zero-order valence-corrected chi connectivity index (χ0v) is 16.8. The Morgan fingerprint density at radius 2 is 1.89 bits per heavy atom. The van der Waals surface area contributed by atoms with Crippen LogP contribution in [0.1, 0.15) is 53.4 Å². The van der Waals surface area contributed by atoms with E-state index in [1.54, 1.807) is 0 Å². The van der Waals surface area contributed by atoms with Crippen LogP contribution in [0.3, 0.4) is 0 Å². The summed E-state index contributed by atoms with van der Waals surface area (Å²) >= 11 is 0. The summed E-state index contributed by atoms with van der Waals surface area (Å²) in [4.78, 5) is 48.0. The van der Waals surface area contributed by atoms with E-state index in [0.717, 1.165) is 31.3 Å². The van der Waals surface area contributed by atoms with Crippen LogP contribution in [-0.4, -0.2) is 55.2 Å². The summed E-state index contributed by atoms with van der Waals surface area (Å²) in [5.74, 6) is -0.421. The molecule has 0 spiro atoms. The monoisotopic (exact) mass is 385 g/mol. The molecule has 1 amide bonds. The van der Waals surface area contributed by atoms with Gasteiger partial charge in [0.2, 0.25) is 0 Å². The summed E-state index contributed by atoms with van der Waals surface area (Å²) in [5.41, 5.74) is 0. The van der Waals surface area contributed by atoms with Gasteiger partial charge in [0, 0.05) is 13.3 Å². The maximum absolute atomic E-state index is 12.8. The number of methoxy groups -OCH3 is 1. The van der Waals surface area contributed by atoms with Crippen LogP contribution in [0.4, 0.5) is 4.79 Å². The molecule has 0 aromatic rings. The van der Waals surface area contributed by atoms with Crippen LogP contribution in [0, 0.1) is 17.8 Å². The van der Waals surface area contributed by atoms with Crippen molar-refractivity contribution in [1.82, 2.24) is 4.90 Å². The maximum atomic E-state index is 12.8. The fourth-order valence-corrected chi connectivity index (χ4v) is 3.46. The number of rotatable bonds is 8. The Morgan fingerprint density at radius 3 is 2.41 bits per heavy atom. The van der Waals surface area contributed by atoms with Crippen molar-refractivity contribution in [1.29, 1.82) is 0 Å². The van der Waals surface area contributed by atoms with Crippen LogP contribution in [-0.2, 0) is 28.6 Å². The van der Waals surface area contributed by atoms with Crippen LogP contribution in [0.2, 0.25) is 0 Å². The molecule has 154 valence electrons. The minimum Gasteiger partial charge on any atom is -0.467 e. The third-order valence-electron chi connectivity index (χ3n) is 5.02. The maximum Gasteiger partial charge on any atom is 0.413 e. The highest BCUT2D eigenvalue weighted by atomic mass is 16.6. The van der Waals surface area contributed by atoms with Gasteiger partial charge < -0.3 is 19.0 Å². The first-order valence-corrected chi connectivity index (χ1v) is 9.33. The molecule has 0 saturated heterocycles. The van der Waals surface area contributed by atoms with Crippen LogP contribution in [0.15, 0.2) is 0 Å². The molecule has 2 unspecified atom stereocenters. The summed E-state index contributed by atoms with van der Waals surface area (Å²) in [6, 6.07) is -1.21. The molecule has 4 atom stereocenters. The van der Waals surface area contributed by atoms with Crippen molar-refractivity contribution < 1.29 is 33.4 Å². The standard InChI is InChI=1S/C19H31NO7/c1-12(2)15-7-6-13(3)10-17(15)27-19(24)20(11-26-14(4)22)16(8-9-21)18(23)25-5/h9,12-13,15-17H,6-8,10-11H2,1-5H3/t13-,15?,16+,17?/m1/s1. The molecule has 0 aliphatic heterocycles. The van der Waals surface area contributed by atoms with Crippen molar-refractivity contribution >= 4 is 24.3 Å². The summed E-state index contributed by atoms with van der Waals surface area (Å²) < 4.78 is 15.3. The van der Waals surface area contributed by atoms with Crippen LogP contribution in [0.25, 0.3) is 0 Å². The molecule has 0 bridgehead atoms. The van der Waals surface area contributed by atoms with Gasteiger partial charge in [-0.2, -0.15) is 0 Å².